The normalized spacial score (nSPS) is 17.5. The fraction of sp³-hybridized carbons (Fsp3) is 0.481. The fourth-order valence-corrected chi connectivity index (χ4v) is 5.14. The first-order valence-corrected chi connectivity index (χ1v) is 13.2. The molecule has 2 heterocycles. The Balaban J connectivity index is 1.85. The van der Waals surface area contributed by atoms with Crippen LogP contribution in [0.15, 0.2) is 30.3 Å². The van der Waals surface area contributed by atoms with Crippen LogP contribution >= 0.6 is 0 Å². The molecule has 8 nitrogen and oxygen atoms in total. The maximum absolute atomic E-state index is 13.9. The zero-order valence-corrected chi connectivity index (χ0v) is 23.5. The van der Waals surface area contributed by atoms with Crippen molar-refractivity contribution in [2.24, 2.45) is 7.05 Å². The summed E-state index contributed by atoms with van der Waals surface area (Å²) in [5.41, 5.74) is -4.16. The zero-order valence-electron chi connectivity index (χ0n) is 23.5. The van der Waals surface area contributed by atoms with Crippen LogP contribution in [0.1, 0.15) is 65.6 Å². The Morgan fingerprint density at radius 1 is 0.977 bits per heavy atom. The number of carbonyl (C=O) groups excluding carboxylic acids is 1. The van der Waals surface area contributed by atoms with E-state index < -0.39 is 59.8 Å². The molecule has 0 fully saturated rings. The summed E-state index contributed by atoms with van der Waals surface area (Å²) in [6.07, 6.45) is -14.2. The van der Waals surface area contributed by atoms with Crippen molar-refractivity contribution in [3.05, 3.63) is 63.7 Å². The van der Waals surface area contributed by atoms with Gasteiger partial charge in [0.05, 0.1) is 36.4 Å². The van der Waals surface area contributed by atoms with Crippen LogP contribution in [0.4, 0.5) is 51.1 Å². The van der Waals surface area contributed by atoms with E-state index in [9.17, 15) is 44.3 Å². The Bertz CT molecular complexity index is 1470. The lowest BCUT2D eigenvalue weighted by molar-refractivity contribution is -0.143. The summed E-state index contributed by atoms with van der Waals surface area (Å²) >= 11 is 0. The summed E-state index contributed by atoms with van der Waals surface area (Å²) in [6, 6.07) is 1.95. The van der Waals surface area contributed by atoms with Crippen molar-refractivity contribution >= 4 is 17.6 Å². The first-order valence-electron chi connectivity index (χ1n) is 13.2. The summed E-state index contributed by atoms with van der Waals surface area (Å²) in [5, 5.41) is 14.8. The molecule has 1 unspecified atom stereocenters. The number of carbonyl (C=O) groups is 1. The minimum atomic E-state index is -5.09. The molecule has 0 bridgehead atoms. The lowest BCUT2D eigenvalue weighted by atomic mass is 9.94. The van der Waals surface area contributed by atoms with Gasteiger partial charge in [0, 0.05) is 31.6 Å². The average Bonchev–Trinajstić information content (AvgIpc) is 3.24. The van der Waals surface area contributed by atoms with Crippen molar-refractivity contribution in [3.8, 4) is 0 Å². The van der Waals surface area contributed by atoms with Gasteiger partial charge >= 0.3 is 24.5 Å². The van der Waals surface area contributed by atoms with Crippen molar-refractivity contribution in [2.45, 2.75) is 70.3 Å². The maximum Gasteiger partial charge on any atom is 0.416 e. The molecule has 3 aromatic rings. The number of nitrogens with zero attached hydrogens (tertiary/aromatic N) is 5. The van der Waals surface area contributed by atoms with Gasteiger partial charge in [-0.25, -0.2) is 0 Å². The molecule has 44 heavy (non-hydrogen) atoms. The molecule has 4 rings (SSSR count). The highest BCUT2D eigenvalue weighted by Crippen LogP contribution is 2.43. The molecule has 2 atom stereocenters. The van der Waals surface area contributed by atoms with E-state index in [-0.39, 0.29) is 54.7 Å². The van der Waals surface area contributed by atoms with Crippen LogP contribution in [0.3, 0.4) is 0 Å². The molecule has 1 aliphatic heterocycles. The van der Waals surface area contributed by atoms with E-state index in [1.807, 2.05) is 0 Å². The molecule has 17 heteroatoms. The van der Waals surface area contributed by atoms with Crippen molar-refractivity contribution in [2.75, 3.05) is 16.8 Å². The number of fused-ring (bicyclic) bond motifs is 1. The molecule has 240 valence electrons. The number of halogens is 9. The lowest BCUT2D eigenvalue weighted by Gasteiger charge is -2.32. The number of tetrazole rings is 1. The number of esters is 1. The van der Waals surface area contributed by atoms with E-state index in [2.05, 4.69) is 20.7 Å². The third kappa shape index (κ3) is 7.72. The van der Waals surface area contributed by atoms with Crippen molar-refractivity contribution in [1.82, 2.24) is 20.2 Å². The van der Waals surface area contributed by atoms with E-state index in [1.54, 1.807) is 0 Å². The first kappa shape index (κ1) is 32.9. The highest BCUT2D eigenvalue weighted by Gasteiger charge is 2.39. The molecule has 2 aromatic carbocycles. The van der Waals surface area contributed by atoms with Gasteiger partial charge < -0.3 is 15.0 Å². The molecule has 0 amide bonds. The lowest BCUT2D eigenvalue weighted by Crippen LogP contribution is -2.30. The van der Waals surface area contributed by atoms with Gasteiger partial charge in [0.25, 0.3) is 5.95 Å². The number of aromatic nitrogens is 4. The smallest absolute Gasteiger partial charge is 0.416 e. The highest BCUT2D eigenvalue weighted by molar-refractivity contribution is 5.66. The summed E-state index contributed by atoms with van der Waals surface area (Å²) in [5.74, 6) is -0.712. The number of hydrogen-bond acceptors (Lipinski definition) is 7. The Hall–Kier alpha value is -4.05. The third-order valence-corrected chi connectivity index (χ3v) is 7.11. The molecule has 1 N–H and O–H groups in total. The molecule has 1 aliphatic rings. The fourth-order valence-electron chi connectivity index (χ4n) is 5.14. The van der Waals surface area contributed by atoms with Gasteiger partial charge in [0.1, 0.15) is 0 Å². The Morgan fingerprint density at radius 3 is 2.14 bits per heavy atom. The Morgan fingerprint density at radius 2 is 1.61 bits per heavy atom. The molecule has 0 saturated heterocycles. The van der Waals surface area contributed by atoms with E-state index in [4.69, 9.17) is 4.74 Å². The monoisotopic (exact) mass is 638 g/mol. The second kappa shape index (κ2) is 12.1. The standard InChI is InChI=1S/C27H27F9N6O2/c1-14-8-20-22(12-21(14)27(34,35)36)37-19(6-7-44-15(2)43)4-5-23(20)42(24-38-40-41(3)39-24)13-16-9-17(25(28,29)30)11-18(10-16)26(31,32)33/h8-12,19,23,37H,4-7,13H2,1-3H3/t19-,23?/m0/s1. The predicted molar refractivity (Wildman–Crippen MR) is 138 cm³/mol. The number of anilines is 2. The zero-order chi connectivity index (χ0) is 32.6. The Labute approximate surface area is 245 Å². The van der Waals surface area contributed by atoms with Crippen LogP contribution in [-0.2, 0) is 41.7 Å². The summed E-state index contributed by atoms with van der Waals surface area (Å²) < 4.78 is 128. The number of ether oxygens (including phenoxy) is 1. The molecule has 0 saturated carbocycles. The Kier molecular flexibility index (Phi) is 9.07. The van der Waals surface area contributed by atoms with E-state index in [1.165, 1.54) is 31.9 Å². The maximum atomic E-state index is 13.9. The second-order valence-corrected chi connectivity index (χ2v) is 10.4. The number of rotatable bonds is 7. The van der Waals surface area contributed by atoms with Gasteiger partial charge in [-0.15, -0.1) is 5.10 Å². The van der Waals surface area contributed by atoms with E-state index in [0.717, 1.165) is 10.9 Å². The molecule has 1 aromatic heterocycles. The SMILES string of the molecule is CC(=O)OCC[C@@H]1CCC(N(Cc2cc(C(F)(F)F)cc(C(F)(F)F)c2)c2nnn(C)n2)c2cc(C)c(C(F)(F)F)cc2N1. The third-order valence-electron chi connectivity index (χ3n) is 7.11. The molecule has 0 aliphatic carbocycles. The summed E-state index contributed by atoms with van der Waals surface area (Å²) in [7, 11) is 1.40. The number of alkyl halides is 9. The second-order valence-electron chi connectivity index (χ2n) is 10.4. The highest BCUT2D eigenvalue weighted by atomic mass is 19.4. The van der Waals surface area contributed by atoms with Gasteiger partial charge in [0.2, 0.25) is 0 Å². The van der Waals surface area contributed by atoms with Crippen LogP contribution in [0.25, 0.3) is 0 Å². The van der Waals surface area contributed by atoms with Gasteiger partial charge in [0.15, 0.2) is 0 Å². The summed E-state index contributed by atoms with van der Waals surface area (Å²) in [6.45, 7) is 1.84. The van der Waals surface area contributed by atoms with Gasteiger partial charge in [-0.3, -0.25) is 4.79 Å². The minimum Gasteiger partial charge on any atom is -0.466 e. The molecule has 0 spiro atoms. The van der Waals surface area contributed by atoms with Crippen LogP contribution in [0.5, 0.6) is 0 Å². The number of hydrogen-bond donors (Lipinski definition) is 1. The average molecular weight is 639 g/mol. The quantitative estimate of drug-likeness (QED) is 0.224. The van der Waals surface area contributed by atoms with Crippen molar-refractivity contribution < 1.29 is 49.0 Å². The van der Waals surface area contributed by atoms with E-state index >= 15 is 0 Å². The van der Waals surface area contributed by atoms with Crippen molar-refractivity contribution in [3.63, 3.8) is 0 Å². The number of benzene rings is 2. The predicted octanol–water partition coefficient (Wildman–Crippen LogP) is 6.85. The van der Waals surface area contributed by atoms with Gasteiger partial charge in [-0.05, 0) is 65.9 Å². The van der Waals surface area contributed by atoms with Gasteiger partial charge in [-0.2, -0.15) is 44.3 Å². The van der Waals surface area contributed by atoms with Crippen LogP contribution in [0.2, 0.25) is 0 Å². The van der Waals surface area contributed by atoms with Crippen LogP contribution < -0.4 is 10.2 Å². The van der Waals surface area contributed by atoms with E-state index in [0.29, 0.717) is 17.7 Å². The van der Waals surface area contributed by atoms with Crippen LogP contribution in [0, 0.1) is 6.92 Å². The summed E-state index contributed by atoms with van der Waals surface area (Å²) in [4.78, 5) is 13.6. The van der Waals surface area contributed by atoms with Gasteiger partial charge in [-0.1, -0.05) is 11.2 Å². The molecule has 0 radical (unpaired) electrons. The number of aryl methyl sites for hydroxylation is 2. The first-order chi connectivity index (χ1) is 20.3. The minimum absolute atomic E-state index is 0.00895. The topological polar surface area (TPSA) is 85.2 Å². The molecular formula is C27H27F9N6O2. The number of nitrogens with one attached hydrogen (secondary N) is 1. The van der Waals surface area contributed by atoms with Crippen LogP contribution in [-0.4, -0.2) is 38.8 Å². The largest absolute Gasteiger partial charge is 0.466 e. The van der Waals surface area contributed by atoms with Crippen molar-refractivity contribution in [1.29, 1.82) is 0 Å². The molecular weight excluding hydrogens is 611 g/mol.